The van der Waals surface area contributed by atoms with Crippen LogP contribution in [0.15, 0.2) is 24.0 Å². The predicted octanol–water partition coefficient (Wildman–Crippen LogP) is 0.0985. The molecular formula is C4H5KO4. The predicted molar refractivity (Wildman–Crippen MR) is 30.7 cm³/mol. The summed E-state index contributed by atoms with van der Waals surface area (Å²) in [6, 6.07) is 0. The van der Waals surface area contributed by atoms with E-state index in [1.807, 2.05) is 0 Å². The minimum absolute atomic E-state index is 0. The van der Waals surface area contributed by atoms with E-state index in [0.29, 0.717) is 0 Å². The van der Waals surface area contributed by atoms with Gasteiger partial charge in [0.15, 0.2) is 0 Å². The van der Waals surface area contributed by atoms with Gasteiger partial charge in [-0.05, 0) is 0 Å². The Morgan fingerprint density at radius 3 is 2.33 bits per heavy atom. The average molecular weight is 156 g/mol. The Bertz CT molecular complexity index is 151. The summed E-state index contributed by atoms with van der Waals surface area (Å²) in [5.74, 6) is -0.955. The molecule has 5 heteroatoms. The second-order valence-corrected chi connectivity index (χ2v) is 1.17. The fraction of sp³-hybridized carbons (Fsp3) is 0. The van der Waals surface area contributed by atoms with E-state index in [2.05, 4.69) is 9.78 Å². The zero-order chi connectivity index (χ0) is 5.98. The zero-order valence-electron chi connectivity index (χ0n) is 3.87. The summed E-state index contributed by atoms with van der Waals surface area (Å²) in [4.78, 5) is 8.09. The number of rotatable bonds is 0. The number of aliphatic hydroxyl groups excluding tert-OH is 2. The third-order valence-electron chi connectivity index (χ3n) is 0.628. The number of hydrogen-bond acceptors (Lipinski definition) is 4. The summed E-state index contributed by atoms with van der Waals surface area (Å²) in [5.41, 5.74) is 0. The van der Waals surface area contributed by atoms with Crippen molar-refractivity contribution in [2.45, 2.75) is 0 Å². The first-order valence-electron chi connectivity index (χ1n) is 1.93. The molecule has 0 aromatic heterocycles. The maximum absolute atomic E-state index is 8.52. The van der Waals surface area contributed by atoms with Crippen LogP contribution in [-0.2, 0) is 9.78 Å². The van der Waals surface area contributed by atoms with E-state index in [1.165, 1.54) is 6.08 Å². The Hall–Kier alpha value is 0.316. The van der Waals surface area contributed by atoms with Crippen LogP contribution in [0.25, 0.3) is 0 Å². The molecule has 0 amide bonds. The summed E-state index contributed by atoms with van der Waals surface area (Å²) in [5, 5.41) is 16.9. The Kier molecular flexibility index (Phi) is 4.33. The number of allylic oxidation sites excluding steroid dienone is 1. The molecule has 0 unspecified atom stereocenters. The average Bonchev–Trinajstić information content (AvgIpc) is 1.77. The maximum atomic E-state index is 8.52. The molecular weight excluding hydrogens is 151 g/mol. The zero-order valence-corrected chi connectivity index (χ0v) is 3.87. The fourth-order valence-corrected chi connectivity index (χ4v) is 0.280. The summed E-state index contributed by atoms with van der Waals surface area (Å²) < 4.78 is 0. The first-order chi connectivity index (χ1) is 3.80. The number of aliphatic hydroxyl groups is 2. The molecule has 46 valence electrons. The van der Waals surface area contributed by atoms with E-state index < -0.39 is 5.95 Å². The summed E-state index contributed by atoms with van der Waals surface area (Å²) >= 11 is 0. The van der Waals surface area contributed by atoms with Gasteiger partial charge in [0.05, 0.1) is 0 Å². The molecule has 0 saturated heterocycles. The fourth-order valence-electron chi connectivity index (χ4n) is 0.280. The molecule has 0 radical (unpaired) electrons. The van der Waals surface area contributed by atoms with Gasteiger partial charge in [-0.1, -0.05) is 0 Å². The van der Waals surface area contributed by atoms with E-state index in [4.69, 9.17) is 10.2 Å². The van der Waals surface area contributed by atoms with Crippen molar-refractivity contribution < 1.29 is 20.0 Å². The van der Waals surface area contributed by atoms with Gasteiger partial charge in [-0.3, -0.25) is 4.89 Å². The molecule has 0 bridgehead atoms. The van der Waals surface area contributed by atoms with Crippen molar-refractivity contribution in [3.8, 4) is 0 Å². The third kappa shape index (κ3) is 2.59. The van der Waals surface area contributed by atoms with Crippen molar-refractivity contribution >= 4 is 51.4 Å². The van der Waals surface area contributed by atoms with E-state index in [0.717, 1.165) is 6.26 Å². The van der Waals surface area contributed by atoms with Crippen LogP contribution in [0.3, 0.4) is 0 Å². The van der Waals surface area contributed by atoms with E-state index in [-0.39, 0.29) is 57.1 Å². The summed E-state index contributed by atoms with van der Waals surface area (Å²) in [7, 11) is 0. The van der Waals surface area contributed by atoms with Crippen molar-refractivity contribution in [1.29, 1.82) is 0 Å². The van der Waals surface area contributed by atoms with E-state index in [9.17, 15) is 0 Å². The molecule has 1 rings (SSSR count). The van der Waals surface area contributed by atoms with Gasteiger partial charge in [0.25, 0.3) is 0 Å². The quantitative estimate of drug-likeness (QED) is 0.385. The van der Waals surface area contributed by atoms with Crippen LogP contribution in [-0.4, -0.2) is 61.6 Å². The van der Waals surface area contributed by atoms with Crippen molar-refractivity contribution in [2.24, 2.45) is 0 Å². The molecule has 0 fully saturated rings. The molecule has 0 saturated carbocycles. The molecule has 1 heterocycles. The third-order valence-corrected chi connectivity index (χ3v) is 0.628. The van der Waals surface area contributed by atoms with Gasteiger partial charge in [0.2, 0.25) is 5.76 Å². The Labute approximate surface area is 94.1 Å². The summed E-state index contributed by atoms with van der Waals surface area (Å²) in [6.07, 6.45) is 2.27. The van der Waals surface area contributed by atoms with Gasteiger partial charge in [-0.25, -0.2) is 4.89 Å². The van der Waals surface area contributed by atoms with Crippen molar-refractivity contribution in [1.82, 2.24) is 0 Å². The first-order valence-corrected chi connectivity index (χ1v) is 1.93. The monoisotopic (exact) mass is 156 g/mol. The van der Waals surface area contributed by atoms with E-state index >= 15 is 0 Å². The Balaban J connectivity index is 0.000000640. The summed E-state index contributed by atoms with van der Waals surface area (Å²) in [6.45, 7) is 0. The van der Waals surface area contributed by atoms with Crippen LogP contribution < -0.4 is 0 Å². The van der Waals surface area contributed by atoms with E-state index in [1.54, 1.807) is 0 Å². The molecule has 4 nitrogen and oxygen atoms in total. The van der Waals surface area contributed by atoms with Crippen LogP contribution in [0.4, 0.5) is 0 Å². The molecule has 1 aliphatic rings. The van der Waals surface area contributed by atoms with Crippen LogP contribution in [0.1, 0.15) is 0 Å². The molecule has 0 aliphatic carbocycles. The van der Waals surface area contributed by atoms with Crippen molar-refractivity contribution in [3.05, 3.63) is 24.0 Å². The van der Waals surface area contributed by atoms with Crippen LogP contribution >= 0.6 is 0 Å². The topological polar surface area (TPSA) is 58.9 Å². The SMILES string of the molecule is OC1=C(O)OOC=C1.[KH]. The van der Waals surface area contributed by atoms with Gasteiger partial charge in [-0.2, -0.15) is 0 Å². The second-order valence-electron chi connectivity index (χ2n) is 1.17. The van der Waals surface area contributed by atoms with Crippen LogP contribution in [0, 0.1) is 0 Å². The molecule has 9 heavy (non-hydrogen) atoms. The molecule has 2 N–H and O–H groups in total. The van der Waals surface area contributed by atoms with Crippen LogP contribution in [0.2, 0.25) is 0 Å². The van der Waals surface area contributed by atoms with Crippen molar-refractivity contribution in [3.63, 3.8) is 0 Å². The second kappa shape index (κ2) is 4.18. The van der Waals surface area contributed by atoms with Gasteiger partial charge < -0.3 is 10.2 Å². The van der Waals surface area contributed by atoms with Crippen LogP contribution in [0.5, 0.6) is 0 Å². The molecule has 0 aromatic carbocycles. The van der Waals surface area contributed by atoms with Gasteiger partial charge in [-0.15, -0.1) is 0 Å². The van der Waals surface area contributed by atoms with Gasteiger partial charge in [0, 0.05) is 6.08 Å². The first kappa shape index (κ1) is 9.32. The minimum atomic E-state index is -0.618. The number of hydrogen-bond donors (Lipinski definition) is 2. The van der Waals surface area contributed by atoms with Gasteiger partial charge >= 0.3 is 57.3 Å². The standard InChI is InChI=1S/C4H4O4.K.H/c5-3-1-2-7-8-4(3)6;;/h1-2,5-6H;;. The van der Waals surface area contributed by atoms with Crippen molar-refractivity contribution in [2.75, 3.05) is 0 Å². The molecule has 1 aliphatic heterocycles. The normalized spacial score (nSPS) is 15.6. The Morgan fingerprint density at radius 1 is 1.33 bits per heavy atom. The van der Waals surface area contributed by atoms with Gasteiger partial charge in [0.1, 0.15) is 6.26 Å². The molecule has 0 aromatic rings. The molecule has 0 atom stereocenters. The molecule has 0 spiro atoms. The Morgan fingerprint density at radius 2 is 2.00 bits per heavy atom.